The van der Waals surface area contributed by atoms with E-state index in [9.17, 15) is 0 Å². The molecule has 0 saturated carbocycles. The summed E-state index contributed by atoms with van der Waals surface area (Å²) in [6.45, 7) is 1.93. The molecule has 0 atom stereocenters. The molecule has 1 rings (SSSR count). The molecule has 3 nitrogen and oxygen atoms in total. The molecule has 4 heteroatoms. The molecule has 1 aromatic heterocycles. The van der Waals surface area contributed by atoms with Gasteiger partial charge in [0.05, 0.1) is 11.9 Å². The summed E-state index contributed by atoms with van der Waals surface area (Å²) < 4.78 is 0.516. The second-order valence-corrected chi connectivity index (χ2v) is 2.53. The summed E-state index contributed by atoms with van der Waals surface area (Å²) in [7, 11) is 0. The van der Waals surface area contributed by atoms with Gasteiger partial charge in [0.15, 0.2) is 10.5 Å². The fraction of sp³-hybridized carbons (Fsp3) is 0.333. The standard InChI is InChI=1S/C6H7BrN2O/c1-2-4-5(10)3-8-6(7)9-4/h3,10H,2H2,1H3. The zero-order valence-corrected chi connectivity index (χ0v) is 7.09. The van der Waals surface area contributed by atoms with Crippen molar-refractivity contribution in [1.82, 2.24) is 9.97 Å². The van der Waals surface area contributed by atoms with Crippen LogP contribution in [0.25, 0.3) is 0 Å². The zero-order valence-electron chi connectivity index (χ0n) is 5.50. The number of hydrogen-bond acceptors (Lipinski definition) is 3. The predicted molar refractivity (Wildman–Crippen MR) is 40.8 cm³/mol. The summed E-state index contributed by atoms with van der Waals surface area (Å²) >= 11 is 3.10. The molecule has 0 bridgehead atoms. The summed E-state index contributed by atoms with van der Waals surface area (Å²) in [5.74, 6) is 0.158. The van der Waals surface area contributed by atoms with Crippen LogP contribution in [-0.2, 0) is 6.42 Å². The molecule has 0 amide bonds. The summed E-state index contributed by atoms with van der Waals surface area (Å²) in [5.41, 5.74) is 0.668. The van der Waals surface area contributed by atoms with Gasteiger partial charge in [-0.2, -0.15) is 0 Å². The van der Waals surface area contributed by atoms with E-state index < -0.39 is 0 Å². The smallest absolute Gasteiger partial charge is 0.197 e. The first-order valence-corrected chi connectivity index (χ1v) is 3.73. The summed E-state index contributed by atoms with van der Waals surface area (Å²) in [6.07, 6.45) is 2.10. The van der Waals surface area contributed by atoms with E-state index in [4.69, 9.17) is 5.11 Å². The molecule has 1 N–H and O–H groups in total. The van der Waals surface area contributed by atoms with E-state index in [1.807, 2.05) is 6.92 Å². The van der Waals surface area contributed by atoms with E-state index in [0.29, 0.717) is 16.8 Å². The lowest BCUT2D eigenvalue weighted by atomic mass is 10.3. The number of rotatable bonds is 1. The second-order valence-electron chi connectivity index (χ2n) is 1.82. The molecule has 1 aromatic rings. The second kappa shape index (κ2) is 2.96. The van der Waals surface area contributed by atoms with E-state index in [0.717, 1.165) is 0 Å². The van der Waals surface area contributed by atoms with Crippen molar-refractivity contribution in [2.24, 2.45) is 0 Å². The van der Waals surface area contributed by atoms with E-state index in [2.05, 4.69) is 25.9 Å². The minimum atomic E-state index is 0.158. The van der Waals surface area contributed by atoms with Gasteiger partial charge in [-0.05, 0) is 22.4 Å². The monoisotopic (exact) mass is 202 g/mol. The Balaban J connectivity index is 3.09. The van der Waals surface area contributed by atoms with Crippen LogP contribution in [0.5, 0.6) is 5.75 Å². The highest BCUT2D eigenvalue weighted by molar-refractivity contribution is 9.10. The summed E-state index contributed by atoms with van der Waals surface area (Å²) in [6, 6.07) is 0. The molecule has 0 aromatic carbocycles. The molecule has 0 unspecified atom stereocenters. The van der Waals surface area contributed by atoms with Gasteiger partial charge >= 0.3 is 0 Å². The van der Waals surface area contributed by atoms with Crippen LogP contribution in [0.1, 0.15) is 12.6 Å². The van der Waals surface area contributed by atoms with Crippen LogP contribution < -0.4 is 0 Å². The number of aryl methyl sites for hydroxylation is 1. The number of nitrogens with zero attached hydrogens (tertiary/aromatic N) is 2. The Morgan fingerprint density at radius 1 is 1.70 bits per heavy atom. The van der Waals surface area contributed by atoms with Gasteiger partial charge in [0.25, 0.3) is 0 Å². The van der Waals surface area contributed by atoms with Gasteiger partial charge < -0.3 is 5.11 Å². The first kappa shape index (κ1) is 7.47. The van der Waals surface area contributed by atoms with Gasteiger partial charge in [0.2, 0.25) is 0 Å². The third-order valence-electron chi connectivity index (χ3n) is 1.15. The average Bonchev–Trinajstić information content (AvgIpc) is 1.94. The number of halogens is 1. The van der Waals surface area contributed by atoms with Crippen LogP contribution in [0.3, 0.4) is 0 Å². The molecule has 0 fully saturated rings. The topological polar surface area (TPSA) is 46.0 Å². The highest BCUT2D eigenvalue weighted by Crippen LogP contribution is 2.14. The van der Waals surface area contributed by atoms with Crippen LogP contribution >= 0.6 is 15.9 Å². The van der Waals surface area contributed by atoms with Crippen molar-refractivity contribution < 1.29 is 5.11 Å². The molecular formula is C6H7BrN2O. The lowest BCUT2D eigenvalue weighted by Crippen LogP contribution is -1.90. The molecule has 1 heterocycles. The van der Waals surface area contributed by atoms with Gasteiger partial charge in [0.1, 0.15) is 0 Å². The fourth-order valence-electron chi connectivity index (χ4n) is 0.647. The molecule has 0 aliphatic rings. The normalized spacial score (nSPS) is 9.80. The minimum absolute atomic E-state index is 0.158. The largest absolute Gasteiger partial charge is 0.504 e. The highest BCUT2D eigenvalue weighted by atomic mass is 79.9. The van der Waals surface area contributed by atoms with Crippen LogP contribution in [0, 0.1) is 0 Å². The Kier molecular flexibility index (Phi) is 2.21. The maximum atomic E-state index is 9.09. The van der Waals surface area contributed by atoms with Crippen molar-refractivity contribution in [3.05, 3.63) is 16.6 Å². The molecule has 54 valence electrons. The van der Waals surface area contributed by atoms with Crippen molar-refractivity contribution in [2.75, 3.05) is 0 Å². The van der Waals surface area contributed by atoms with Gasteiger partial charge in [0, 0.05) is 0 Å². The fourth-order valence-corrected chi connectivity index (χ4v) is 0.963. The molecule has 0 radical (unpaired) electrons. The maximum absolute atomic E-state index is 9.09. The Labute approximate surface area is 67.3 Å². The predicted octanol–water partition coefficient (Wildman–Crippen LogP) is 1.51. The van der Waals surface area contributed by atoms with Gasteiger partial charge in [-0.25, -0.2) is 9.97 Å². The maximum Gasteiger partial charge on any atom is 0.197 e. The van der Waals surface area contributed by atoms with Crippen molar-refractivity contribution in [3.8, 4) is 5.75 Å². The van der Waals surface area contributed by atoms with Crippen molar-refractivity contribution >= 4 is 15.9 Å². The quantitative estimate of drug-likeness (QED) is 0.703. The minimum Gasteiger partial charge on any atom is -0.504 e. The molecule has 0 aliphatic carbocycles. The van der Waals surface area contributed by atoms with Crippen molar-refractivity contribution in [1.29, 1.82) is 0 Å². The molecule has 10 heavy (non-hydrogen) atoms. The van der Waals surface area contributed by atoms with Gasteiger partial charge in [-0.3, -0.25) is 0 Å². The third-order valence-corrected chi connectivity index (χ3v) is 1.53. The number of hydrogen-bond donors (Lipinski definition) is 1. The molecule has 0 spiro atoms. The average molecular weight is 203 g/mol. The molecule has 0 aliphatic heterocycles. The van der Waals surface area contributed by atoms with Gasteiger partial charge in [-0.1, -0.05) is 6.92 Å². The third kappa shape index (κ3) is 1.44. The van der Waals surface area contributed by atoms with Crippen molar-refractivity contribution in [2.45, 2.75) is 13.3 Å². The lowest BCUT2D eigenvalue weighted by Gasteiger charge is -1.97. The Morgan fingerprint density at radius 2 is 2.40 bits per heavy atom. The Hall–Kier alpha value is -0.640. The zero-order chi connectivity index (χ0) is 7.56. The van der Waals surface area contributed by atoms with Crippen LogP contribution in [-0.4, -0.2) is 15.1 Å². The number of aromatic nitrogens is 2. The van der Waals surface area contributed by atoms with E-state index >= 15 is 0 Å². The lowest BCUT2D eigenvalue weighted by molar-refractivity contribution is 0.461. The number of aromatic hydroxyl groups is 1. The first-order valence-electron chi connectivity index (χ1n) is 2.94. The molecule has 0 saturated heterocycles. The van der Waals surface area contributed by atoms with Crippen LogP contribution in [0.15, 0.2) is 10.9 Å². The highest BCUT2D eigenvalue weighted by Gasteiger charge is 2.00. The van der Waals surface area contributed by atoms with Crippen LogP contribution in [0.4, 0.5) is 0 Å². The van der Waals surface area contributed by atoms with Gasteiger partial charge in [-0.15, -0.1) is 0 Å². The Bertz CT molecular complexity index is 239. The summed E-state index contributed by atoms with van der Waals surface area (Å²) in [5, 5.41) is 9.09. The van der Waals surface area contributed by atoms with E-state index in [1.165, 1.54) is 6.20 Å². The van der Waals surface area contributed by atoms with Crippen LogP contribution in [0.2, 0.25) is 0 Å². The first-order chi connectivity index (χ1) is 4.74. The van der Waals surface area contributed by atoms with E-state index in [1.54, 1.807) is 0 Å². The molecular weight excluding hydrogens is 196 g/mol. The summed E-state index contributed by atoms with van der Waals surface area (Å²) in [4.78, 5) is 7.69. The van der Waals surface area contributed by atoms with E-state index in [-0.39, 0.29) is 5.75 Å². The SMILES string of the molecule is CCc1nc(Br)ncc1O. The van der Waals surface area contributed by atoms with Crippen molar-refractivity contribution in [3.63, 3.8) is 0 Å². The Morgan fingerprint density at radius 3 is 2.90 bits per heavy atom.